The molecule has 0 aliphatic carbocycles. The Morgan fingerprint density at radius 3 is 2.64 bits per heavy atom. The van der Waals surface area contributed by atoms with Crippen LogP contribution in [-0.4, -0.2) is 49.6 Å². The first-order valence-corrected chi connectivity index (χ1v) is 9.75. The minimum atomic E-state index is -4.64. The summed E-state index contributed by atoms with van der Waals surface area (Å²) < 4.78 is 66.3. The number of halogens is 3. The number of benzene rings is 1. The number of hydrogen-bond donors (Lipinski definition) is 0. The van der Waals surface area contributed by atoms with E-state index in [0.717, 1.165) is 6.07 Å². The van der Waals surface area contributed by atoms with Crippen molar-refractivity contribution in [3.63, 3.8) is 0 Å². The molecule has 2 aromatic heterocycles. The second kappa shape index (κ2) is 8.41. The zero-order chi connectivity index (χ0) is 20.3. The van der Waals surface area contributed by atoms with Crippen LogP contribution in [0.3, 0.4) is 0 Å². The molecule has 0 N–H and O–H groups in total. The molecule has 0 saturated heterocycles. The molecule has 0 fully saturated rings. The summed E-state index contributed by atoms with van der Waals surface area (Å²) in [6.07, 6.45) is -1.48. The van der Waals surface area contributed by atoms with E-state index in [1.54, 1.807) is 23.8 Å². The van der Waals surface area contributed by atoms with Gasteiger partial charge in [-0.25, -0.2) is 9.67 Å². The molecule has 0 spiro atoms. The summed E-state index contributed by atoms with van der Waals surface area (Å²) >= 11 is 0. The summed E-state index contributed by atoms with van der Waals surface area (Å²) in [6.45, 7) is 2.26. The third kappa shape index (κ3) is 4.10. The van der Waals surface area contributed by atoms with Crippen LogP contribution in [-0.2, 0) is 33.2 Å². The van der Waals surface area contributed by atoms with Gasteiger partial charge in [0.05, 0.1) is 45.5 Å². The van der Waals surface area contributed by atoms with Gasteiger partial charge in [-0.3, -0.25) is 8.78 Å². The molecule has 11 heteroatoms. The molecule has 1 unspecified atom stereocenters. The predicted octanol–water partition coefficient (Wildman–Crippen LogP) is 2.99. The number of hydrogen-bond acceptors (Lipinski definition) is 5. The minimum Gasteiger partial charge on any atom is -0.382 e. The average Bonchev–Trinajstić information content (AvgIpc) is 3.30. The summed E-state index contributed by atoms with van der Waals surface area (Å²) in [7, 11) is -0.255. The van der Waals surface area contributed by atoms with E-state index in [0.29, 0.717) is 24.7 Å². The Kier molecular flexibility index (Phi) is 6.16. The highest BCUT2D eigenvalue weighted by atomic mass is 32.2. The molecule has 0 aliphatic heterocycles. The number of nitrogens with zero attached hydrogens (tertiary/aromatic N) is 4. The summed E-state index contributed by atoms with van der Waals surface area (Å²) in [5.74, 6) is 0.365. The number of aromatic nitrogens is 4. The van der Waals surface area contributed by atoms with E-state index in [1.165, 1.54) is 24.1 Å². The number of ether oxygens (including phenoxy) is 2. The number of alkyl halides is 3. The molecular formula is C17H19F3N4O3S. The van der Waals surface area contributed by atoms with Crippen molar-refractivity contribution in [2.24, 2.45) is 0 Å². The van der Waals surface area contributed by atoms with E-state index in [4.69, 9.17) is 9.47 Å². The summed E-state index contributed by atoms with van der Waals surface area (Å²) in [5, 5.41) is 4.10. The summed E-state index contributed by atoms with van der Waals surface area (Å²) in [5.41, 5.74) is -0.449. The van der Waals surface area contributed by atoms with Crippen LogP contribution in [0.1, 0.15) is 12.5 Å². The summed E-state index contributed by atoms with van der Waals surface area (Å²) in [6, 6.07) is 3.88. The SMILES string of the molecule is CCS(=O)c1cc2c(cc1C(F)(F)F)nc(-n1cccn1)n2COCCOC. The Hall–Kier alpha value is -2.24. The molecule has 28 heavy (non-hydrogen) atoms. The molecule has 7 nitrogen and oxygen atoms in total. The Balaban J connectivity index is 2.18. The minimum absolute atomic E-state index is 0.0264. The van der Waals surface area contributed by atoms with E-state index in [1.807, 2.05) is 0 Å². The number of rotatable bonds is 8. The van der Waals surface area contributed by atoms with Crippen molar-refractivity contribution in [2.45, 2.75) is 24.7 Å². The number of fused-ring (bicyclic) bond motifs is 1. The lowest BCUT2D eigenvalue weighted by atomic mass is 10.2. The van der Waals surface area contributed by atoms with Gasteiger partial charge in [-0.2, -0.15) is 18.3 Å². The fraction of sp³-hybridized carbons (Fsp3) is 0.412. The van der Waals surface area contributed by atoms with Crippen LogP contribution >= 0.6 is 0 Å². The van der Waals surface area contributed by atoms with Crippen molar-refractivity contribution in [3.8, 4) is 5.95 Å². The molecule has 0 amide bonds. The van der Waals surface area contributed by atoms with Crippen LogP contribution < -0.4 is 0 Å². The lowest BCUT2D eigenvalue weighted by Gasteiger charge is -2.13. The van der Waals surface area contributed by atoms with E-state index < -0.39 is 22.5 Å². The van der Waals surface area contributed by atoms with Crippen molar-refractivity contribution in [1.82, 2.24) is 19.3 Å². The van der Waals surface area contributed by atoms with Crippen LogP contribution in [0.5, 0.6) is 0 Å². The predicted molar refractivity (Wildman–Crippen MR) is 96.6 cm³/mol. The molecule has 0 bridgehead atoms. The normalized spacial score (nSPS) is 13.3. The fourth-order valence-corrected chi connectivity index (χ4v) is 3.67. The molecule has 3 aromatic rings. The fourth-order valence-electron chi connectivity index (χ4n) is 2.69. The molecule has 1 atom stereocenters. The zero-order valence-electron chi connectivity index (χ0n) is 15.3. The molecule has 0 radical (unpaired) electrons. The maximum atomic E-state index is 13.5. The Labute approximate surface area is 161 Å². The molecule has 3 rings (SSSR count). The van der Waals surface area contributed by atoms with Crippen molar-refractivity contribution in [3.05, 3.63) is 36.2 Å². The van der Waals surface area contributed by atoms with Gasteiger partial charge in [0.2, 0.25) is 5.95 Å². The first kappa shape index (κ1) is 20.5. The largest absolute Gasteiger partial charge is 0.417 e. The van der Waals surface area contributed by atoms with E-state index in [9.17, 15) is 17.4 Å². The Bertz CT molecular complexity index is 970. The monoisotopic (exact) mass is 416 g/mol. The first-order chi connectivity index (χ1) is 13.4. The number of imidazole rings is 1. The van der Waals surface area contributed by atoms with E-state index in [-0.39, 0.29) is 22.9 Å². The van der Waals surface area contributed by atoms with Gasteiger partial charge in [-0.15, -0.1) is 0 Å². The number of methoxy groups -OCH3 is 1. The second-order valence-electron chi connectivity index (χ2n) is 5.79. The van der Waals surface area contributed by atoms with Gasteiger partial charge in [0.25, 0.3) is 0 Å². The van der Waals surface area contributed by atoms with Gasteiger partial charge in [0.1, 0.15) is 6.73 Å². The van der Waals surface area contributed by atoms with Gasteiger partial charge < -0.3 is 9.47 Å². The third-order valence-electron chi connectivity index (χ3n) is 4.00. The van der Waals surface area contributed by atoms with Crippen LogP contribution in [0.15, 0.2) is 35.5 Å². The van der Waals surface area contributed by atoms with Crippen molar-refractivity contribution >= 4 is 21.8 Å². The smallest absolute Gasteiger partial charge is 0.382 e. The maximum absolute atomic E-state index is 13.5. The standard InChI is InChI=1S/C17H19F3N4O3S/c1-3-28(25)15-10-14-13(9-12(15)17(18,19)20)22-16(24-6-4-5-21-24)23(14)11-27-8-7-26-2/h4-6,9-10H,3,7-8,11H2,1-2H3. The van der Waals surface area contributed by atoms with Gasteiger partial charge in [0.15, 0.2) is 0 Å². The lowest BCUT2D eigenvalue weighted by molar-refractivity contribution is -0.139. The van der Waals surface area contributed by atoms with Crippen LogP contribution in [0.4, 0.5) is 13.2 Å². The quantitative estimate of drug-likeness (QED) is 0.528. The highest BCUT2D eigenvalue weighted by molar-refractivity contribution is 7.85. The van der Waals surface area contributed by atoms with E-state index in [2.05, 4.69) is 10.1 Å². The lowest BCUT2D eigenvalue weighted by Crippen LogP contribution is -2.13. The molecule has 1 aromatic carbocycles. The Morgan fingerprint density at radius 1 is 1.25 bits per heavy atom. The van der Waals surface area contributed by atoms with Crippen molar-refractivity contribution < 1.29 is 26.9 Å². The van der Waals surface area contributed by atoms with Gasteiger partial charge in [-0.1, -0.05) is 6.92 Å². The van der Waals surface area contributed by atoms with Gasteiger partial charge in [-0.05, 0) is 18.2 Å². The molecule has 152 valence electrons. The highest BCUT2D eigenvalue weighted by Crippen LogP contribution is 2.36. The van der Waals surface area contributed by atoms with Crippen molar-refractivity contribution in [1.29, 1.82) is 0 Å². The molecule has 0 saturated carbocycles. The second-order valence-corrected chi connectivity index (χ2v) is 7.50. The van der Waals surface area contributed by atoms with Gasteiger partial charge in [0, 0.05) is 25.3 Å². The third-order valence-corrected chi connectivity index (χ3v) is 5.36. The zero-order valence-corrected chi connectivity index (χ0v) is 16.1. The van der Waals surface area contributed by atoms with E-state index >= 15 is 0 Å². The molecule has 2 heterocycles. The maximum Gasteiger partial charge on any atom is 0.417 e. The molecular weight excluding hydrogens is 397 g/mol. The average molecular weight is 416 g/mol. The first-order valence-electron chi connectivity index (χ1n) is 8.43. The van der Waals surface area contributed by atoms with Crippen LogP contribution in [0.2, 0.25) is 0 Å². The highest BCUT2D eigenvalue weighted by Gasteiger charge is 2.36. The van der Waals surface area contributed by atoms with Crippen LogP contribution in [0, 0.1) is 0 Å². The summed E-state index contributed by atoms with van der Waals surface area (Å²) in [4.78, 5) is 4.04. The van der Waals surface area contributed by atoms with Gasteiger partial charge >= 0.3 is 6.18 Å². The van der Waals surface area contributed by atoms with Crippen molar-refractivity contribution in [2.75, 3.05) is 26.1 Å². The molecule has 0 aliphatic rings. The Morgan fingerprint density at radius 2 is 2.04 bits per heavy atom. The van der Waals surface area contributed by atoms with Crippen LogP contribution in [0.25, 0.3) is 17.0 Å². The topological polar surface area (TPSA) is 71.2 Å².